The molecule has 1 saturated heterocycles. The molecule has 1 fully saturated rings. The lowest BCUT2D eigenvalue weighted by Gasteiger charge is -2.21. The van der Waals surface area contributed by atoms with E-state index in [1.165, 1.54) is 11.0 Å². The molecule has 0 aliphatic carbocycles. The Labute approximate surface area is 111 Å². The number of nitrogens with zero attached hydrogens (tertiary/aromatic N) is 1. The molecule has 1 amide bonds. The van der Waals surface area contributed by atoms with Gasteiger partial charge in [-0.1, -0.05) is 26.8 Å². The van der Waals surface area contributed by atoms with Gasteiger partial charge in [-0.05, 0) is 23.1 Å². The van der Waals surface area contributed by atoms with Gasteiger partial charge in [0.1, 0.15) is 11.9 Å². The molecule has 1 aliphatic heterocycles. The van der Waals surface area contributed by atoms with Gasteiger partial charge in [0.15, 0.2) is 0 Å². The molecule has 0 aromatic heterocycles. The monoisotopic (exact) mass is 267 g/mol. The number of carbonyl (C=O) groups excluding carboxylic acids is 1. The summed E-state index contributed by atoms with van der Waals surface area (Å²) in [5, 5.41) is 8.98. The Kier molecular flexibility index (Phi) is 3.49. The number of cyclic esters (lactones) is 1. The molecular formula is C14H18FNO3. The van der Waals surface area contributed by atoms with Crippen LogP contribution in [0, 0.1) is 5.82 Å². The van der Waals surface area contributed by atoms with Crippen molar-refractivity contribution in [2.75, 3.05) is 18.1 Å². The lowest BCUT2D eigenvalue weighted by molar-refractivity contribution is 0.0963. The number of anilines is 1. The molecule has 1 aromatic rings. The van der Waals surface area contributed by atoms with Crippen molar-refractivity contribution in [2.45, 2.75) is 32.3 Å². The van der Waals surface area contributed by atoms with E-state index in [4.69, 9.17) is 9.84 Å². The first-order valence-corrected chi connectivity index (χ1v) is 6.22. The van der Waals surface area contributed by atoms with Crippen molar-refractivity contribution in [1.82, 2.24) is 0 Å². The van der Waals surface area contributed by atoms with E-state index in [2.05, 4.69) is 0 Å². The summed E-state index contributed by atoms with van der Waals surface area (Å²) in [6.45, 7) is 5.79. The Hall–Kier alpha value is -1.62. The third-order valence-corrected chi connectivity index (χ3v) is 3.15. The minimum absolute atomic E-state index is 0.231. The van der Waals surface area contributed by atoms with Crippen molar-refractivity contribution in [3.63, 3.8) is 0 Å². The first-order valence-electron chi connectivity index (χ1n) is 6.22. The number of ether oxygens (including phenoxy) is 1. The van der Waals surface area contributed by atoms with E-state index in [1.807, 2.05) is 20.8 Å². The first-order chi connectivity index (χ1) is 8.82. The molecule has 1 atom stereocenters. The highest BCUT2D eigenvalue weighted by molar-refractivity contribution is 5.89. The summed E-state index contributed by atoms with van der Waals surface area (Å²) in [4.78, 5) is 12.9. The van der Waals surface area contributed by atoms with Gasteiger partial charge in [0.25, 0.3) is 0 Å². The van der Waals surface area contributed by atoms with Crippen LogP contribution in [0.25, 0.3) is 0 Å². The van der Waals surface area contributed by atoms with Gasteiger partial charge in [-0.25, -0.2) is 9.18 Å². The number of rotatable bonds is 2. The van der Waals surface area contributed by atoms with E-state index < -0.39 is 12.2 Å². The Balaban J connectivity index is 2.28. The first kappa shape index (κ1) is 13.8. The maximum Gasteiger partial charge on any atom is 0.414 e. The smallest absolute Gasteiger partial charge is 0.414 e. The van der Waals surface area contributed by atoms with Crippen LogP contribution in [0.3, 0.4) is 0 Å². The predicted molar refractivity (Wildman–Crippen MR) is 69.8 cm³/mol. The molecule has 1 aromatic carbocycles. The second-order valence-electron chi connectivity index (χ2n) is 5.71. The molecule has 19 heavy (non-hydrogen) atoms. The molecule has 1 heterocycles. The molecule has 1 N–H and O–H groups in total. The molecule has 104 valence electrons. The number of carbonyl (C=O) groups is 1. The van der Waals surface area contributed by atoms with Gasteiger partial charge >= 0.3 is 6.09 Å². The summed E-state index contributed by atoms with van der Waals surface area (Å²) in [5.74, 6) is -0.342. The van der Waals surface area contributed by atoms with E-state index in [-0.39, 0.29) is 24.4 Å². The topological polar surface area (TPSA) is 49.8 Å². The summed E-state index contributed by atoms with van der Waals surface area (Å²) < 4.78 is 19.0. The Morgan fingerprint density at radius 3 is 2.63 bits per heavy atom. The predicted octanol–water partition coefficient (Wildman–Crippen LogP) is 2.44. The average Bonchev–Trinajstić information content (AvgIpc) is 2.68. The van der Waals surface area contributed by atoms with Crippen molar-refractivity contribution in [3.8, 4) is 0 Å². The van der Waals surface area contributed by atoms with Crippen molar-refractivity contribution in [3.05, 3.63) is 29.6 Å². The van der Waals surface area contributed by atoms with Gasteiger partial charge in [0, 0.05) is 0 Å². The number of aliphatic hydroxyl groups excluding tert-OH is 1. The van der Waals surface area contributed by atoms with Crippen LogP contribution >= 0.6 is 0 Å². The van der Waals surface area contributed by atoms with E-state index >= 15 is 0 Å². The quantitative estimate of drug-likeness (QED) is 0.895. The van der Waals surface area contributed by atoms with Crippen molar-refractivity contribution in [1.29, 1.82) is 0 Å². The van der Waals surface area contributed by atoms with Gasteiger partial charge in [0.2, 0.25) is 0 Å². The molecule has 0 spiro atoms. The highest BCUT2D eigenvalue weighted by Gasteiger charge is 2.32. The molecule has 0 saturated carbocycles. The third kappa shape index (κ3) is 2.71. The van der Waals surface area contributed by atoms with Crippen molar-refractivity contribution < 1.29 is 19.0 Å². The molecule has 4 nitrogen and oxygen atoms in total. The zero-order valence-electron chi connectivity index (χ0n) is 11.3. The Morgan fingerprint density at radius 1 is 1.47 bits per heavy atom. The number of aliphatic hydroxyl groups is 1. The molecule has 0 unspecified atom stereocenters. The molecular weight excluding hydrogens is 249 g/mol. The summed E-state index contributed by atoms with van der Waals surface area (Å²) >= 11 is 0. The van der Waals surface area contributed by atoms with Gasteiger partial charge in [-0.15, -0.1) is 0 Å². The summed E-state index contributed by atoms with van der Waals surface area (Å²) in [6.07, 6.45) is -1.10. The zero-order chi connectivity index (χ0) is 14.2. The van der Waals surface area contributed by atoms with E-state index in [0.717, 1.165) is 0 Å². The molecule has 0 bridgehead atoms. The second kappa shape index (κ2) is 4.81. The second-order valence-corrected chi connectivity index (χ2v) is 5.71. The molecule has 5 heteroatoms. The van der Waals surface area contributed by atoms with E-state index in [9.17, 15) is 9.18 Å². The fourth-order valence-corrected chi connectivity index (χ4v) is 2.11. The van der Waals surface area contributed by atoms with Crippen LogP contribution in [-0.2, 0) is 10.2 Å². The van der Waals surface area contributed by atoms with Crippen LogP contribution in [0.2, 0.25) is 0 Å². The molecule has 0 radical (unpaired) electrons. The summed E-state index contributed by atoms with van der Waals surface area (Å²) in [6, 6.07) is 4.72. The van der Waals surface area contributed by atoms with Crippen molar-refractivity contribution in [2.24, 2.45) is 0 Å². The van der Waals surface area contributed by atoms with Crippen LogP contribution in [0.5, 0.6) is 0 Å². The van der Waals surface area contributed by atoms with Crippen LogP contribution < -0.4 is 4.90 Å². The lowest BCUT2D eigenvalue weighted by Crippen LogP contribution is -2.26. The Bertz CT molecular complexity index is 496. The highest BCUT2D eigenvalue weighted by Crippen LogP contribution is 2.29. The third-order valence-electron chi connectivity index (χ3n) is 3.15. The minimum Gasteiger partial charge on any atom is -0.441 e. The fourth-order valence-electron chi connectivity index (χ4n) is 2.11. The number of hydrogen-bond donors (Lipinski definition) is 1. The lowest BCUT2D eigenvalue weighted by atomic mass is 9.86. The van der Waals surface area contributed by atoms with E-state index in [0.29, 0.717) is 11.3 Å². The van der Waals surface area contributed by atoms with Gasteiger partial charge < -0.3 is 9.84 Å². The van der Waals surface area contributed by atoms with Gasteiger partial charge in [-0.2, -0.15) is 0 Å². The number of halogens is 1. The Morgan fingerprint density at radius 2 is 2.16 bits per heavy atom. The number of benzene rings is 1. The average molecular weight is 267 g/mol. The number of amides is 1. The summed E-state index contributed by atoms with van der Waals surface area (Å²) in [5.41, 5.74) is 0.760. The minimum atomic E-state index is -0.554. The highest BCUT2D eigenvalue weighted by atomic mass is 19.1. The number of hydrogen-bond acceptors (Lipinski definition) is 3. The van der Waals surface area contributed by atoms with Gasteiger partial charge in [0.05, 0.1) is 18.8 Å². The van der Waals surface area contributed by atoms with Gasteiger partial charge in [-0.3, -0.25) is 4.90 Å². The SMILES string of the molecule is CC(C)(C)c1ccc(N2C[C@H](CO)OC2=O)cc1F. The van der Waals surface area contributed by atoms with Crippen molar-refractivity contribution >= 4 is 11.8 Å². The normalized spacial score (nSPS) is 19.7. The zero-order valence-corrected chi connectivity index (χ0v) is 11.3. The van der Waals surface area contributed by atoms with Crippen LogP contribution in [-0.4, -0.2) is 30.5 Å². The molecule has 2 rings (SSSR count). The van der Waals surface area contributed by atoms with E-state index in [1.54, 1.807) is 12.1 Å². The van der Waals surface area contributed by atoms with Crippen LogP contribution in [0.4, 0.5) is 14.9 Å². The summed E-state index contributed by atoms with van der Waals surface area (Å²) in [7, 11) is 0. The van der Waals surface area contributed by atoms with Crippen LogP contribution in [0.15, 0.2) is 18.2 Å². The standard InChI is InChI=1S/C14H18FNO3/c1-14(2,3)11-5-4-9(6-12(11)15)16-7-10(8-17)19-13(16)18/h4-6,10,17H,7-8H2,1-3H3/t10-/m1/s1. The molecule has 1 aliphatic rings. The largest absolute Gasteiger partial charge is 0.441 e. The maximum absolute atomic E-state index is 14.1. The maximum atomic E-state index is 14.1. The fraction of sp³-hybridized carbons (Fsp3) is 0.500. The van der Waals surface area contributed by atoms with Crippen LogP contribution in [0.1, 0.15) is 26.3 Å².